The average Bonchev–Trinajstić information content (AvgIpc) is 3.24. The molecule has 3 rings (SSSR count). The molecule has 1 unspecified atom stereocenters. The molecule has 0 radical (unpaired) electrons. The smallest absolute Gasteiger partial charge is 0.227 e. The lowest BCUT2D eigenvalue weighted by Gasteiger charge is -2.31. The van der Waals surface area contributed by atoms with Crippen molar-refractivity contribution in [3.8, 4) is 0 Å². The molecule has 1 aliphatic carbocycles. The maximum atomic E-state index is 12.0. The summed E-state index contributed by atoms with van der Waals surface area (Å²) in [5.74, 6) is 0.115. The van der Waals surface area contributed by atoms with E-state index in [0.717, 1.165) is 12.1 Å². The van der Waals surface area contributed by atoms with Crippen molar-refractivity contribution in [2.75, 3.05) is 18.0 Å². The molecule has 0 spiro atoms. The Kier molecular flexibility index (Phi) is 3.53. The lowest BCUT2D eigenvalue weighted by molar-refractivity contribution is -0.119. The highest BCUT2D eigenvalue weighted by atomic mass is 16.3. The summed E-state index contributed by atoms with van der Waals surface area (Å²) >= 11 is 0. The Morgan fingerprint density at radius 2 is 2.11 bits per heavy atom. The molecule has 2 aliphatic rings. The molecule has 1 fully saturated rings. The van der Waals surface area contributed by atoms with Crippen molar-refractivity contribution in [2.45, 2.75) is 37.8 Å². The first kappa shape index (κ1) is 12.6. The van der Waals surface area contributed by atoms with Crippen LogP contribution < -0.4 is 10.2 Å². The molecule has 1 heterocycles. The van der Waals surface area contributed by atoms with Gasteiger partial charge in [-0.3, -0.25) is 4.79 Å². The van der Waals surface area contributed by atoms with Crippen molar-refractivity contribution in [1.29, 1.82) is 0 Å². The van der Waals surface area contributed by atoms with E-state index in [1.165, 1.54) is 18.4 Å². The molecule has 0 bridgehead atoms. The first-order chi connectivity index (χ1) is 9.24. The van der Waals surface area contributed by atoms with Gasteiger partial charge in [-0.2, -0.15) is 0 Å². The fourth-order valence-electron chi connectivity index (χ4n) is 2.56. The van der Waals surface area contributed by atoms with Gasteiger partial charge in [0.25, 0.3) is 0 Å². The number of amides is 1. The molecule has 0 saturated heterocycles. The number of hydrogen-bond donors (Lipinski definition) is 2. The zero-order valence-electron chi connectivity index (χ0n) is 11.0. The van der Waals surface area contributed by atoms with Crippen LogP contribution in [0, 0.1) is 0 Å². The number of β-amino-alcohol motifs (C(OH)–C–C–N with tert-alkyl or cyclic N) is 1. The van der Waals surface area contributed by atoms with Gasteiger partial charge < -0.3 is 15.3 Å². The van der Waals surface area contributed by atoms with Gasteiger partial charge in [-0.1, -0.05) is 18.2 Å². The lowest BCUT2D eigenvalue weighted by Crippen LogP contribution is -2.44. The number of anilines is 1. The number of aliphatic hydroxyl groups is 1. The van der Waals surface area contributed by atoms with Crippen LogP contribution in [0.5, 0.6) is 0 Å². The van der Waals surface area contributed by atoms with Crippen LogP contribution in [0.4, 0.5) is 5.69 Å². The Labute approximate surface area is 113 Å². The van der Waals surface area contributed by atoms with Gasteiger partial charge in [-0.05, 0) is 30.9 Å². The van der Waals surface area contributed by atoms with E-state index in [9.17, 15) is 9.90 Å². The second kappa shape index (κ2) is 5.31. The number of benzene rings is 1. The van der Waals surface area contributed by atoms with Crippen LogP contribution in [-0.4, -0.2) is 36.2 Å². The Balaban J connectivity index is 1.66. The molecule has 102 valence electrons. The standard InChI is InChI=1S/C15H20N2O2/c18-13(9-16-12-6-7-12)10-17-14-4-2-1-3-11(14)5-8-15(17)19/h1-4,12-13,16,18H,5-10H2. The van der Waals surface area contributed by atoms with E-state index in [2.05, 4.69) is 11.4 Å². The number of nitrogens with one attached hydrogen (secondary N) is 1. The van der Waals surface area contributed by atoms with Gasteiger partial charge in [-0.25, -0.2) is 0 Å². The third kappa shape index (κ3) is 2.96. The fourth-order valence-corrected chi connectivity index (χ4v) is 2.56. The van der Waals surface area contributed by atoms with Gasteiger partial charge >= 0.3 is 0 Å². The van der Waals surface area contributed by atoms with E-state index < -0.39 is 6.10 Å². The number of nitrogens with zero attached hydrogens (tertiary/aromatic N) is 1. The maximum absolute atomic E-state index is 12.0. The molecule has 1 aromatic carbocycles. The predicted octanol–water partition coefficient (Wildman–Crippen LogP) is 1.08. The van der Waals surface area contributed by atoms with Gasteiger partial charge in [0, 0.05) is 24.7 Å². The zero-order valence-corrected chi connectivity index (χ0v) is 11.0. The van der Waals surface area contributed by atoms with Crippen LogP contribution in [0.3, 0.4) is 0 Å². The summed E-state index contributed by atoms with van der Waals surface area (Å²) in [5, 5.41) is 13.4. The van der Waals surface area contributed by atoms with Crippen LogP contribution >= 0.6 is 0 Å². The molecule has 19 heavy (non-hydrogen) atoms. The Hall–Kier alpha value is -1.39. The third-order valence-corrected chi connectivity index (χ3v) is 3.80. The Bertz CT molecular complexity index is 471. The summed E-state index contributed by atoms with van der Waals surface area (Å²) in [5.41, 5.74) is 2.16. The highest BCUT2D eigenvalue weighted by molar-refractivity contribution is 5.96. The SMILES string of the molecule is O=C1CCc2ccccc2N1CC(O)CNC1CC1. The molecule has 0 aromatic heterocycles. The minimum absolute atomic E-state index is 0.115. The van der Waals surface area contributed by atoms with E-state index in [1.54, 1.807) is 4.90 Å². The van der Waals surface area contributed by atoms with Gasteiger partial charge in [0.2, 0.25) is 5.91 Å². The molecule has 1 amide bonds. The normalized spacial score (nSPS) is 20.3. The van der Waals surface area contributed by atoms with Gasteiger partial charge in [0.05, 0.1) is 12.6 Å². The molecule has 1 aliphatic heterocycles. The number of hydrogen-bond acceptors (Lipinski definition) is 3. The summed E-state index contributed by atoms with van der Waals surface area (Å²) in [6.45, 7) is 0.951. The molecule has 2 N–H and O–H groups in total. The van der Waals surface area contributed by atoms with E-state index in [1.807, 2.05) is 18.2 Å². The first-order valence-corrected chi connectivity index (χ1v) is 7.04. The van der Waals surface area contributed by atoms with E-state index in [4.69, 9.17) is 0 Å². The molecular weight excluding hydrogens is 240 g/mol. The summed E-state index contributed by atoms with van der Waals surface area (Å²) in [4.78, 5) is 13.8. The van der Waals surface area contributed by atoms with Crippen LogP contribution in [0.25, 0.3) is 0 Å². The number of aliphatic hydroxyl groups excluding tert-OH is 1. The quantitative estimate of drug-likeness (QED) is 0.833. The highest BCUT2D eigenvalue weighted by Crippen LogP contribution is 2.27. The zero-order chi connectivity index (χ0) is 13.2. The number of para-hydroxylation sites is 1. The van der Waals surface area contributed by atoms with Crippen molar-refractivity contribution in [2.24, 2.45) is 0 Å². The fraction of sp³-hybridized carbons (Fsp3) is 0.533. The van der Waals surface area contributed by atoms with E-state index in [0.29, 0.717) is 25.6 Å². The molecular formula is C15H20N2O2. The monoisotopic (exact) mass is 260 g/mol. The summed E-state index contributed by atoms with van der Waals surface area (Å²) in [6.07, 6.45) is 3.26. The molecule has 4 heteroatoms. The van der Waals surface area contributed by atoms with Gasteiger partial charge in [0.15, 0.2) is 0 Å². The number of carbonyl (C=O) groups is 1. The molecule has 4 nitrogen and oxygen atoms in total. The van der Waals surface area contributed by atoms with Crippen LogP contribution in [0.1, 0.15) is 24.8 Å². The number of rotatable bonds is 5. The number of carbonyl (C=O) groups excluding carboxylic acids is 1. The molecule has 1 atom stereocenters. The largest absolute Gasteiger partial charge is 0.390 e. The predicted molar refractivity (Wildman–Crippen MR) is 74.1 cm³/mol. The maximum Gasteiger partial charge on any atom is 0.227 e. The Morgan fingerprint density at radius 1 is 1.32 bits per heavy atom. The van der Waals surface area contributed by atoms with Crippen molar-refractivity contribution < 1.29 is 9.90 Å². The van der Waals surface area contributed by atoms with E-state index >= 15 is 0 Å². The average molecular weight is 260 g/mol. The van der Waals surface area contributed by atoms with Crippen LogP contribution in [-0.2, 0) is 11.2 Å². The summed E-state index contributed by atoms with van der Waals surface area (Å²) < 4.78 is 0. The molecule has 1 saturated carbocycles. The van der Waals surface area contributed by atoms with Crippen molar-refractivity contribution >= 4 is 11.6 Å². The second-order valence-corrected chi connectivity index (χ2v) is 5.47. The second-order valence-electron chi connectivity index (χ2n) is 5.47. The summed E-state index contributed by atoms with van der Waals surface area (Å²) in [6, 6.07) is 8.55. The first-order valence-electron chi connectivity index (χ1n) is 7.04. The van der Waals surface area contributed by atoms with Crippen molar-refractivity contribution in [3.63, 3.8) is 0 Å². The topological polar surface area (TPSA) is 52.6 Å². The minimum Gasteiger partial charge on any atom is -0.390 e. The van der Waals surface area contributed by atoms with Crippen molar-refractivity contribution in [3.05, 3.63) is 29.8 Å². The number of aryl methyl sites for hydroxylation is 1. The van der Waals surface area contributed by atoms with Crippen LogP contribution in [0.15, 0.2) is 24.3 Å². The van der Waals surface area contributed by atoms with Crippen molar-refractivity contribution in [1.82, 2.24) is 5.32 Å². The third-order valence-electron chi connectivity index (χ3n) is 3.80. The van der Waals surface area contributed by atoms with Crippen LogP contribution in [0.2, 0.25) is 0 Å². The Morgan fingerprint density at radius 3 is 2.89 bits per heavy atom. The number of fused-ring (bicyclic) bond motifs is 1. The summed E-state index contributed by atoms with van der Waals surface area (Å²) in [7, 11) is 0. The van der Waals surface area contributed by atoms with Gasteiger partial charge in [0.1, 0.15) is 0 Å². The van der Waals surface area contributed by atoms with E-state index in [-0.39, 0.29) is 5.91 Å². The molecule has 1 aromatic rings. The lowest BCUT2D eigenvalue weighted by atomic mass is 10.0. The minimum atomic E-state index is -0.504. The van der Waals surface area contributed by atoms with Gasteiger partial charge in [-0.15, -0.1) is 0 Å². The highest BCUT2D eigenvalue weighted by Gasteiger charge is 2.27.